The van der Waals surface area contributed by atoms with Gasteiger partial charge in [-0.3, -0.25) is 0 Å². The van der Waals surface area contributed by atoms with E-state index in [9.17, 15) is 0 Å². The average molecular weight is 358 g/mol. The van der Waals surface area contributed by atoms with Gasteiger partial charge in [0.25, 0.3) is 0 Å². The Morgan fingerprint density at radius 1 is 1.29 bits per heavy atom. The maximum absolute atomic E-state index is 6.08. The zero-order valence-corrected chi connectivity index (χ0v) is 14.6. The third-order valence-electron chi connectivity index (χ3n) is 3.77. The molecule has 1 aliphatic heterocycles. The van der Waals surface area contributed by atoms with Crippen molar-refractivity contribution in [2.24, 2.45) is 0 Å². The smallest absolute Gasteiger partial charge is 0.163 e. The Morgan fingerprint density at radius 2 is 2.00 bits per heavy atom. The van der Waals surface area contributed by atoms with Crippen LogP contribution < -0.4 is 5.32 Å². The molecule has 5 nitrogen and oxygen atoms in total. The van der Waals surface area contributed by atoms with Crippen LogP contribution in [0, 0.1) is 0 Å². The Balaban J connectivity index is 2.46. The molecule has 0 aliphatic carbocycles. The van der Waals surface area contributed by atoms with E-state index in [1.54, 1.807) is 0 Å². The lowest BCUT2D eigenvalue weighted by molar-refractivity contribution is -0.117. The number of halogens is 1. The highest BCUT2D eigenvalue weighted by Crippen LogP contribution is 2.36. The van der Waals surface area contributed by atoms with Crippen LogP contribution in [0.2, 0.25) is 0 Å². The van der Waals surface area contributed by atoms with Crippen LogP contribution in [0.5, 0.6) is 0 Å². The zero-order valence-electron chi connectivity index (χ0n) is 13.0. The molecule has 1 N–H and O–H groups in total. The quantitative estimate of drug-likeness (QED) is 0.846. The molecule has 0 spiro atoms. The van der Waals surface area contributed by atoms with E-state index in [2.05, 4.69) is 28.2 Å². The van der Waals surface area contributed by atoms with Gasteiger partial charge in [0.15, 0.2) is 5.82 Å². The van der Waals surface area contributed by atoms with Gasteiger partial charge < -0.3 is 14.8 Å². The Morgan fingerprint density at radius 3 is 2.57 bits per heavy atom. The molecule has 0 unspecified atom stereocenters. The molecule has 2 heterocycles. The molecule has 0 bridgehead atoms. The number of nitrogens with one attached hydrogen (secondary N) is 1. The number of anilines is 1. The second-order valence-corrected chi connectivity index (χ2v) is 5.99. The van der Waals surface area contributed by atoms with Crippen molar-refractivity contribution in [2.75, 3.05) is 32.2 Å². The fourth-order valence-electron chi connectivity index (χ4n) is 2.68. The van der Waals surface area contributed by atoms with Crippen molar-refractivity contribution in [3.8, 4) is 0 Å². The molecule has 6 heteroatoms. The molecular formula is C15H24BrN3O2. The highest BCUT2D eigenvalue weighted by Gasteiger charge is 2.39. The highest BCUT2D eigenvalue weighted by atomic mass is 79.9. The van der Waals surface area contributed by atoms with Crippen LogP contribution in [-0.4, -0.2) is 36.8 Å². The van der Waals surface area contributed by atoms with Gasteiger partial charge in [-0.25, -0.2) is 9.97 Å². The van der Waals surface area contributed by atoms with Crippen LogP contribution in [0.1, 0.15) is 44.6 Å². The summed E-state index contributed by atoms with van der Waals surface area (Å²) in [4.78, 5) is 9.51. The summed E-state index contributed by atoms with van der Waals surface area (Å²) in [7, 11) is 1.88. The van der Waals surface area contributed by atoms with Gasteiger partial charge in [-0.05, 0) is 29.3 Å². The molecule has 0 atom stereocenters. The first-order chi connectivity index (χ1) is 10.2. The van der Waals surface area contributed by atoms with Crippen molar-refractivity contribution in [2.45, 2.75) is 45.1 Å². The fraction of sp³-hybridized carbons (Fsp3) is 0.733. The minimum absolute atomic E-state index is 0.415. The number of hydrogen-bond donors (Lipinski definition) is 1. The van der Waals surface area contributed by atoms with E-state index in [1.807, 2.05) is 14.0 Å². The normalized spacial score (nSPS) is 17.7. The predicted molar refractivity (Wildman–Crippen MR) is 86.6 cm³/mol. The third-order valence-corrected chi connectivity index (χ3v) is 4.61. The van der Waals surface area contributed by atoms with Crippen LogP contribution in [0.15, 0.2) is 4.47 Å². The van der Waals surface area contributed by atoms with Crippen LogP contribution in [-0.2, 0) is 21.5 Å². The van der Waals surface area contributed by atoms with Gasteiger partial charge in [-0.2, -0.15) is 0 Å². The molecule has 0 amide bonds. The molecule has 21 heavy (non-hydrogen) atoms. The van der Waals surface area contributed by atoms with Crippen molar-refractivity contribution >= 4 is 21.7 Å². The van der Waals surface area contributed by atoms with Crippen LogP contribution in [0.25, 0.3) is 0 Å². The zero-order chi connectivity index (χ0) is 15.3. The lowest BCUT2D eigenvalue weighted by Gasteiger charge is -2.35. The molecule has 0 aromatic carbocycles. The van der Waals surface area contributed by atoms with E-state index in [4.69, 9.17) is 19.4 Å². The number of aryl methyl sites for hydroxylation is 1. The summed E-state index contributed by atoms with van der Waals surface area (Å²) in [5.74, 6) is 1.61. The summed E-state index contributed by atoms with van der Waals surface area (Å²) in [5, 5.41) is 3.15. The largest absolute Gasteiger partial charge is 0.381 e. The van der Waals surface area contributed by atoms with Gasteiger partial charge in [-0.15, -0.1) is 0 Å². The Kier molecular flexibility index (Phi) is 5.96. The van der Waals surface area contributed by atoms with Gasteiger partial charge in [0, 0.05) is 39.7 Å². The van der Waals surface area contributed by atoms with Crippen molar-refractivity contribution in [3.63, 3.8) is 0 Å². The first-order valence-corrected chi connectivity index (χ1v) is 8.42. The lowest BCUT2D eigenvalue weighted by atomic mass is 9.92. The molecule has 0 saturated carbocycles. The van der Waals surface area contributed by atoms with Crippen molar-refractivity contribution in [1.29, 1.82) is 0 Å². The molecule has 1 saturated heterocycles. The highest BCUT2D eigenvalue weighted by molar-refractivity contribution is 9.10. The molecular weight excluding hydrogens is 334 g/mol. The van der Waals surface area contributed by atoms with Crippen LogP contribution >= 0.6 is 15.9 Å². The van der Waals surface area contributed by atoms with E-state index in [-0.39, 0.29) is 0 Å². The SMILES string of the molecule is CCCc1nc(C2(OCC)CCOCC2)nc(NC)c1Br. The van der Waals surface area contributed by atoms with Crippen LogP contribution in [0.3, 0.4) is 0 Å². The van der Waals surface area contributed by atoms with E-state index in [0.29, 0.717) is 19.8 Å². The Labute approximate surface area is 135 Å². The van der Waals surface area contributed by atoms with Gasteiger partial charge in [0.1, 0.15) is 11.4 Å². The van der Waals surface area contributed by atoms with Crippen molar-refractivity contribution < 1.29 is 9.47 Å². The number of aromatic nitrogens is 2. The summed E-state index contributed by atoms with van der Waals surface area (Å²) in [6, 6.07) is 0. The van der Waals surface area contributed by atoms with E-state index < -0.39 is 5.60 Å². The van der Waals surface area contributed by atoms with E-state index >= 15 is 0 Å². The summed E-state index contributed by atoms with van der Waals surface area (Å²) >= 11 is 3.60. The van der Waals surface area contributed by atoms with Crippen LogP contribution in [0.4, 0.5) is 5.82 Å². The maximum atomic E-state index is 6.08. The molecule has 1 aliphatic rings. The fourth-order valence-corrected chi connectivity index (χ4v) is 3.25. The first-order valence-electron chi connectivity index (χ1n) is 7.63. The van der Waals surface area contributed by atoms with Gasteiger partial charge in [0.05, 0.1) is 10.2 Å². The molecule has 1 aromatic rings. The minimum atomic E-state index is -0.415. The third kappa shape index (κ3) is 3.55. The molecule has 1 aromatic heterocycles. The predicted octanol–water partition coefficient (Wildman–Crippen LogP) is 3.28. The summed E-state index contributed by atoms with van der Waals surface area (Å²) in [5.41, 5.74) is 0.624. The molecule has 2 rings (SSSR count). The summed E-state index contributed by atoms with van der Waals surface area (Å²) in [6.07, 6.45) is 3.57. The molecule has 118 valence electrons. The molecule has 0 radical (unpaired) electrons. The van der Waals surface area contributed by atoms with E-state index in [1.165, 1.54) is 0 Å². The average Bonchev–Trinajstić information content (AvgIpc) is 2.50. The van der Waals surface area contributed by atoms with Crippen molar-refractivity contribution in [3.05, 3.63) is 16.0 Å². The number of rotatable bonds is 6. The number of nitrogens with zero attached hydrogens (tertiary/aromatic N) is 2. The lowest BCUT2D eigenvalue weighted by Crippen LogP contribution is -2.38. The molecule has 1 fully saturated rings. The second kappa shape index (κ2) is 7.51. The second-order valence-electron chi connectivity index (χ2n) is 5.20. The monoisotopic (exact) mass is 357 g/mol. The van der Waals surface area contributed by atoms with Gasteiger partial charge in [-0.1, -0.05) is 13.3 Å². The number of hydrogen-bond acceptors (Lipinski definition) is 5. The maximum Gasteiger partial charge on any atom is 0.163 e. The Bertz CT molecular complexity index is 471. The first kappa shape index (κ1) is 16.6. The van der Waals surface area contributed by atoms with Crippen molar-refractivity contribution in [1.82, 2.24) is 9.97 Å². The van der Waals surface area contributed by atoms with Gasteiger partial charge >= 0.3 is 0 Å². The summed E-state index contributed by atoms with van der Waals surface area (Å²) in [6.45, 7) is 6.20. The number of ether oxygens (including phenoxy) is 2. The Hall–Kier alpha value is -0.720. The summed E-state index contributed by atoms with van der Waals surface area (Å²) < 4.78 is 12.5. The standard InChI is InChI=1S/C15H24BrN3O2/c1-4-6-11-12(16)13(17-3)19-14(18-11)15(21-5-2)7-9-20-10-8-15/h4-10H2,1-3H3,(H,17,18,19). The van der Waals surface area contributed by atoms with E-state index in [0.717, 1.165) is 47.5 Å². The minimum Gasteiger partial charge on any atom is -0.381 e. The van der Waals surface area contributed by atoms with Gasteiger partial charge in [0.2, 0.25) is 0 Å². The topological polar surface area (TPSA) is 56.3 Å².